The molecule has 0 aliphatic carbocycles. The predicted molar refractivity (Wildman–Crippen MR) is 136 cm³/mol. The lowest BCUT2D eigenvalue weighted by Gasteiger charge is -2.13. The van der Waals surface area contributed by atoms with Crippen molar-refractivity contribution in [3.05, 3.63) is 66.7 Å². The van der Waals surface area contributed by atoms with Gasteiger partial charge in [-0.25, -0.2) is 15.0 Å². The second kappa shape index (κ2) is 10.4. The molecule has 3 N–H and O–H groups in total. The van der Waals surface area contributed by atoms with E-state index in [0.717, 1.165) is 11.4 Å². The average Bonchev–Trinajstić information content (AvgIpc) is 3.51. The summed E-state index contributed by atoms with van der Waals surface area (Å²) < 4.78 is 7.35. The second-order valence-electron chi connectivity index (χ2n) is 8.77. The third-order valence-corrected chi connectivity index (χ3v) is 6.06. The van der Waals surface area contributed by atoms with E-state index in [2.05, 4.69) is 30.5 Å². The molecule has 2 aromatic heterocycles. The largest absolute Gasteiger partial charge is 0.394 e. The summed E-state index contributed by atoms with van der Waals surface area (Å²) >= 11 is 0. The third kappa shape index (κ3) is 5.16. The molecular formula is C25H26N8O4. The number of hydrogen-bond acceptors (Lipinski definition) is 10. The van der Waals surface area contributed by atoms with Gasteiger partial charge in [0, 0.05) is 31.8 Å². The van der Waals surface area contributed by atoms with Gasteiger partial charge >= 0.3 is 0 Å². The van der Waals surface area contributed by atoms with Gasteiger partial charge in [0.25, 0.3) is 5.91 Å². The maximum Gasteiger partial charge on any atom is 0.256 e. The molecule has 4 aromatic rings. The number of carbonyl (C=O) groups excluding carboxylic acids is 1. The Hall–Kier alpha value is -4.26. The minimum Gasteiger partial charge on any atom is -0.394 e. The average molecular weight is 503 g/mol. The van der Waals surface area contributed by atoms with E-state index in [1.165, 1.54) is 12.7 Å². The van der Waals surface area contributed by atoms with Gasteiger partial charge in [-0.05, 0) is 48.5 Å². The molecule has 1 saturated heterocycles. The molecule has 5 rings (SSSR count). The van der Waals surface area contributed by atoms with Crippen molar-refractivity contribution in [1.29, 1.82) is 0 Å². The van der Waals surface area contributed by atoms with Crippen LogP contribution in [0.1, 0.15) is 23.0 Å². The molecule has 37 heavy (non-hydrogen) atoms. The Morgan fingerprint density at radius 2 is 1.76 bits per heavy atom. The predicted octanol–water partition coefficient (Wildman–Crippen LogP) is 3.20. The summed E-state index contributed by atoms with van der Waals surface area (Å²) in [5.74, 6) is -0.124. The van der Waals surface area contributed by atoms with E-state index in [1.807, 2.05) is 43.3 Å². The van der Waals surface area contributed by atoms with Gasteiger partial charge in [0.15, 0.2) is 17.0 Å². The number of anilines is 2. The SMILES string of the molecule is CN(C)c1ccc(N=Nc2ccc(C(=O)Nc3ncnc4c3ncn4C3CC(O)C(CO)O3)cc2)cc1. The van der Waals surface area contributed by atoms with Crippen molar-refractivity contribution in [2.24, 2.45) is 10.2 Å². The summed E-state index contributed by atoms with van der Waals surface area (Å²) in [6.45, 7) is -0.287. The number of aliphatic hydroxyl groups is 2. The molecule has 190 valence electrons. The molecular weight excluding hydrogens is 476 g/mol. The van der Waals surface area contributed by atoms with Gasteiger partial charge in [0.2, 0.25) is 0 Å². The number of fused-ring (bicyclic) bond motifs is 1. The minimum atomic E-state index is -0.792. The highest BCUT2D eigenvalue weighted by atomic mass is 16.5. The zero-order valence-electron chi connectivity index (χ0n) is 20.3. The van der Waals surface area contributed by atoms with Crippen molar-refractivity contribution in [1.82, 2.24) is 19.5 Å². The Balaban J connectivity index is 1.27. The number of hydrogen-bond donors (Lipinski definition) is 3. The zero-order valence-corrected chi connectivity index (χ0v) is 20.3. The van der Waals surface area contributed by atoms with Gasteiger partial charge in [-0.2, -0.15) is 10.2 Å². The van der Waals surface area contributed by atoms with Crippen molar-refractivity contribution < 1.29 is 19.7 Å². The highest BCUT2D eigenvalue weighted by Crippen LogP contribution is 2.31. The van der Waals surface area contributed by atoms with Crippen molar-refractivity contribution in [3.63, 3.8) is 0 Å². The van der Waals surface area contributed by atoms with Crippen molar-refractivity contribution in [2.45, 2.75) is 24.9 Å². The van der Waals surface area contributed by atoms with E-state index in [9.17, 15) is 15.0 Å². The summed E-state index contributed by atoms with van der Waals surface area (Å²) in [6.07, 6.45) is 1.12. The van der Waals surface area contributed by atoms with Gasteiger partial charge in [0.05, 0.1) is 30.4 Å². The van der Waals surface area contributed by atoms with E-state index in [1.54, 1.807) is 28.8 Å². The zero-order chi connectivity index (χ0) is 25.9. The van der Waals surface area contributed by atoms with Crippen LogP contribution in [0.3, 0.4) is 0 Å². The minimum absolute atomic E-state index is 0.246. The fourth-order valence-corrected chi connectivity index (χ4v) is 4.00. The number of amides is 1. The first-order chi connectivity index (χ1) is 17.9. The van der Waals surface area contributed by atoms with Crippen LogP contribution in [-0.2, 0) is 4.74 Å². The van der Waals surface area contributed by atoms with Gasteiger partial charge < -0.3 is 25.2 Å². The fraction of sp³-hybridized carbons (Fsp3) is 0.280. The summed E-state index contributed by atoms with van der Waals surface area (Å²) in [4.78, 5) is 27.6. The first kappa shape index (κ1) is 24.4. The number of aromatic nitrogens is 4. The molecule has 1 aliphatic rings. The molecule has 3 atom stereocenters. The Bertz CT molecular complexity index is 1420. The number of aliphatic hydroxyl groups excluding tert-OH is 2. The first-order valence-electron chi connectivity index (χ1n) is 11.7. The van der Waals surface area contributed by atoms with Crippen molar-refractivity contribution >= 4 is 40.0 Å². The van der Waals surface area contributed by atoms with E-state index in [4.69, 9.17) is 4.74 Å². The molecule has 0 bridgehead atoms. The molecule has 0 spiro atoms. The Kier molecular flexibility index (Phi) is 6.86. The maximum absolute atomic E-state index is 12.9. The smallest absolute Gasteiger partial charge is 0.256 e. The van der Waals surface area contributed by atoms with Gasteiger partial charge in [-0.1, -0.05) is 0 Å². The van der Waals surface area contributed by atoms with Crippen LogP contribution in [0.2, 0.25) is 0 Å². The van der Waals surface area contributed by atoms with Gasteiger partial charge in [-0.15, -0.1) is 0 Å². The van der Waals surface area contributed by atoms with E-state index >= 15 is 0 Å². The van der Waals surface area contributed by atoms with Crippen LogP contribution in [0.15, 0.2) is 71.4 Å². The van der Waals surface area contributed by atoms with Crippen LogP contribution in [0.5, 0.6) is 0 Å². The highest BCUT2D eigenvalue weighted by molar-refractivity contribution is 6.06. The molecule has 3 heterocycles. The van der Waals surface area contributed by atoms with E-state index < -0.39 is 18.4 Å². The lowest BCUT2D eigenvalue weighted by molar-refractivity contribution is -0.0432. The molecule has 0 radical (unpaired) electrons. The molecule has 12 nitrogen and oxygen atoms in total. The van der Waals surface area contributed by atoms with Crippen LogP contribution in [0.25, 0.3) is 11.2 Å². The first-order valence-corrected chi connectivity index (χ1v) is 11.7. The molecule has 1 fully saturated rings. The number of ether oxygens (including phenoxy) is 1. The quantitative estimate of drug-likeness (QED) is 0.326. The van der Waals surface area contributed by atoms with Crippen LogP contribution in [-0.4, -0.2) is 68.5 Å². The van der Waals surface area contributed by atoms with Crippen LogP contribution < -0.4 is 10.2 Å². The Labute approximate surface area is 212 Å². The Morgan fingerprint density at radius 1 is 1.08 bits per heavy atom. The summed E-state index contributed by atoms with van der Waals surface area (Å²) in [7, 11) is 3.94. The highest BCUT2D eigenvalue weighted by Gasteiger charge is 2.35. The van der Waals surface area contributed by atoms with Gasteiger partial charge in [-0.3, -0.25) is 9.36 Å². The number of nitrogens with zero attached hydrogens (tertiary/aromatic N) is 7. The number of nitrogens with one attached hydrogen (secondary N) is 1. The summed E-state index contributed by atoms with van der Waals surface area (Å²) in [6, 6.07) is 14.4. The number of rotatable bonds is 7. The topological polar surface area (TPSA) is 150 Å². The molecule has 1 aliphatic heterocycles. The van der Waals surface area contributed by atoms with E-state index in [0.29, 0.717) is 22.4 Å². The lowest BCUT2D eigenvalue weighted by atomic mass is 10.2. The number of imidazole rings is 1. The van der Waals surface area contributed by atoms with Crippen LogP contribution in [0.4, 0.5) is 22.9 Å². The molecule has 12 heteroatoms. The van der Waals surface area contributed by atoms with Gasteiger partial charge in [0.1, 0.15) is 18.7 Å². The van der Waals surface area contributed by atoms with Crippen molar-refractivity contribution in [2.75, 3.05) is 30.9 Å². The lowest BCUT2D eigenvalue weighted by Crippen LogP contribution is -2.24. The molecule has 0 saturated carbocycles. The summed E-state index contributed by atoms with van der Waals surface area (Å²) in [5, 5.41) is 30.6. The number of benzene rings is 2. The van der Waals surface area contributed by atoms with Crippen LogP contribution >= 0.6 is 0 Å². The molecule has 2 aromatic carbocycles. The monoisotopic (exact) mass is 502 g/mol. The Morgan fingerprint density at radius 3 is 2.38 bits per heavy atom. The van der Waals surface area contributed by atoms with E-state index in [-0.39, 0.29) is 24.8 Å². The number of azo groups is 1. The standard InChI is InChI=1S/C25H26N8O4/c1-32(2)18-9-7-17(8-10-18)31-30-16-5-3-15(4-6-16)25(36)29-23-22-24(27-13-26-23)33(14-28-22)21-11-19(35)20(12-34)37-21/h3-10,13-14,19-21,34-35H,11-12H2,1-2H3,(H,26,27,29,36). The molecule has 1 amide bonds. The number of carbonyl (C=O) groups is 1. The summed E-state index contributed by atoms with van der Waals surface area (Å²) in [5.41, 5.74) is 3.64. The van der Waals surface area contributed by atoms with Crippen LogP contribution in [0, 0.1) is 0 Å². The third-order valence-electron chi connectivity index (χ3n) is 6.06. The second-order valence-corrected chi connectivity index (χ2v) is 8.77. The molecule has 3 unspecified atom stereocenters. The maximum atomic E-state index is 12.9. The van der Waals surface area contributed by atoms with Crippen molar-refractivity contribution in [3.8, 4) is 0 Å². The normalized spacial score (nSPS) is 19.5. The fourth-order valence-electron chi connectivity index (χ4n) is 4.00.